The standard InChI is InChI=1S/C28H37F3N2O6/c1-6-7-8-9-10-11-12-22-32-23(39-33-22)17-19(2)24(34)38-25(28(29,30)31)27(3,4)26(35)37-18-20-13-15-21(36-5)16-14-20/h13-16,25H,2,6-12,17-18H2,1,3-5H3. The molecule has 39 heavy (non-hydrogen) atoms. The normalized spacial score (nSPS) is 12.6. The summed E-state index contributed by atoms with van der Waals surface area (Å²) < 4.78 is 61.8. The molecule has 1 heterocycles. The van der Waals surface area contributed by atoms with Crippen molar-refractivity contribution in [2.75, 3.05) is 7.11 Å². The third kappa shape index (κ3) is 10.0. The van der Waals surface area contributed by atoms with Crippen molar-refractivity contribution in [1.29, 1.82) is 0 Å². The number of aromatic nitrogens is 2. The molecule has 2 rings (SSSR count). The van der Waals surface area contributed by atoms with Crippen LogP contribution in [-0.4, -0.2) is 41.5 Å². The van der Waals surface area contributed by atoms with E-state index in [2.05, 4.69) is 23.6 Å². The van der Waals surface area contributed by atoms with Crippen molar-refractivity contribution >= 4 is 11.9 Å². The summed E-state index contributed by atoms with van der Waals surface area (Å²) in [6.07, 6.45) is -0.957. The molecular weight excluding hydrogens is 517 g/mol. The van der Waals surface area contributed by atoms with Crippen LogP contribution in [0.4, 0.5) is 13.2 Å². The minimum Gasteiger partial charge on any atom is -0.497 e. The van der Waals surface area contributed by atoms with E-state index in [1.165, 1.54) is 20.0 Å². The number of carbonyl (C=O) groups excluding carboxylic acids is 2. The predicted octanol–water partition coefficient (Wildman–Crippen LogP) is 6.32. The lowest BCUT2D eigenvalue weighted by Gasteiger charge is -2.33. The molecule has 0 saturated heterocycles. The number of hydrogen-bond donors (Lipinski definition) is 0. The van der Waals surface area contributed by atoms with Crippen LogP contribution in [0.2, 0.25) is 0 Å². The second kappa shape index (κ2) is 14.7. The molecule has 216 valence electrons. The molecule has 1 unspecified atom stereocenters. The first kappa shape index (κ1) is 31.8. The largest absolute Gasteiger partial charge is 0.497 e. The van der Waals surface area contributed by atoms with Crippen molar-refractivity contribution in [3.8, 4) is 5.75 Å². The van der Waals surface area contributed by atoms with Crippen LogP contribution in [0.5, 0.6) is 5.75 Å². The van der Waals surface area contributed by atoms with Crippen molar-refractivity contribution in [3.63, 3.8) is 0 Å². The predicted molar refractivity (Wildman–Crippen MR) is 137 cm³/mol. The maximum absolute atomic E-state index is 13.9. The van der Waals surface area contributed by atoms with Crippen LogP contribution < -0.4 is 4.74 Å². The summed E-state index contributed by atoms with van der Waals surface area (Å²) in [7, 11) is 1.49. The number of halogens is 3. The van der Waals surface area contributed by atoms with Gasteiger partial charge in [0.2, 0.25) is 12.0 Å². The van der Waals surface area contributed by atoms with Crippen molar-refractivity contribution in [3.05, 3.63) is 53.7 Å². The molecule has 11 heteroatoms. The van der Waals surface area contributed by atoms with Gasteiger partial charge in [0.1, 0.15) is 17.8 Å². The Hall–Kier alpha value is -3.37. The molecular formula is C28H37F3N2O6. The average molecular weight is 555 g/mol. The van der Waals surface area contributed by atoms with Gasteiger partial charge in [-0.25, -0.2) is 4.79 Å². The van der Waals surface area contributed by atoms with Gasteiger partial charge >= 0.3 is 18.1 Å². The number of benzene rings is 1. The smallest absolute Gasteiger partial charge is 0.426 e. The quantitative estimate of drug-likeness (QED) is 0.135. The van der Waals surface area contributed by atoms with Crippen molar-refractivity contribution in [2.45, 2.75) is 91.0 Å². The molecule has 1 aromatic heterocycles. The van der Waals surface area contributed by atoms with E-state index in [0.29, 0.717) is 23.6 Å². The molecule has 2 aromatic rings. The van der Waals surface area contributed by atoms with Crippen LogP contribution in [0.25, 0.3) is 0 Å². The van der Waals surface area contributed by atoms with E-state index in [1.54, 1.807) is 24.3 Å². The van der Waals surface area contributed by atoms with Crippen molar-refractivity contribution in [2.24, 2.45) is 5.41 Å². The zero-order chi connectivity index (χ0) is 29.1. The number of methoxy groups -OCH3 is 1. The molecule has 0 spiro atoms. The Bertz CT molecular complexity index is 1080. The van der Waals surface area contributed by atoms with Gasteiger partial charge in [-0.3, -0.25) is 4.79 Å². The lowest BCUT2D eigenvalue weighted by atomic mass is 9.86. The second-order valence-electron chi connectivity index (χ2n) is 9.88. The maximum atomic E-state index is 13.9. The summed E-state index contributed by atoms with van der Waals surface area (Å²) in [5, 5.41) is 3.85. The number of alkyl halides is 3. The van der Waals surface area contributed by atoms with Gasteiger partial charge in [-0.15, -0.1) is 0 Å². The first-order valence-electron chi connectivity index (χ1n) is 13.0. The Morgan fingerprint density at radius 3 is 2.31 bits per heavy atom. The number of esters is 2. The van der Waals surface area contributed by atoms with Gasteiger partial charge in [-0.2, -0.15) is 18.2 Å². The summed E-state index contributed by atoms with van der Waals surface area (Å²) in [5.41, 5.74) is -2.01. The minimum absolute atomic E-state index is 0.0413. The Labute approximate surface area is 226 Å². The lowest BCUT2D eigenvalue weighted by molar-refractivity contribution is -0.248. The molecule has 0 aliphatic carbocycles. The van der Waals surface area contributed by atoms with Gasteiger partial charge in [-0.05, 0) is 38.0 Å². The monoisotopic (exact) mass is 554 g/mol. The van der Waals surface area contributed by atoms with Gasteiger partial charge in [0.15, 0.2) is 5.82 Å². The number of rotatable bonds is 16. The Kier molecular flexibility index (Phi) is 12.0. The number of unbranched alkanes of at least 4 members (excludes halogenated alkanes) is 5. The van der Waals surface area contributed by atoms with E-state index >= 15 is 0 Å². The van der Waals surface area contributed by atoms with Crippen LogP contribution in [0.1, 0.15) is 76.6 Å². The number of hydrogen-bond acceptors (Lipinski definition) is 8. The van der Waals surface area contributed by atoms with Crippen LogP contribution in [0, 0.1) is 5.41 Å². The fourth-order valence-electron chi connectivity index (χ4n) is 3.76. The first-order chi connectivity index (χ1) is 18.4. The minimum atomic E-state index is -5.05. The summed E-state index contributed by atoms with van der Waals surface area (Å²) >= 11 is 0. The highest BCUT2D eigenvalue weighted by atomic mass is 19.4. The average Bonchev–Trinajstić information content (AvgIpc) is 3.34. The molecule has 0 radical (unpaired) electrons. The zero-order valence-electron chi connectivity index (χ0n) is 22.9. The molecule has 0 aliphatic heterocycles. The molecule has 0 fully saturated rings. The summed E-state index contributed by atoms with van der Waals surface area (Å²) in [6.45, 7) is 7.41. The van der Waals surface area contributed by atoms with Gasteiger partial charge in [-0.1, -0.05) is 62.9 Å². The number of aryl methyl sites for hydroxylation is 1. The third-order valence-corrected chi connectivity index (χ3v) is 6.15. The highest BCUT2D eigenvalue weighted by molar-refractivity contribution is 5.88. The van der Waals surface area contributed by atoms with Crippen LogP contribution in [0.3, 0.4) is 0 Å². The van der Waals surface area contributed by atoms with Gasteiger partial charge in [0.25, 0.3) is 0 Å². The van der Waals surface area contributed by atoms with Gasteiger partial charge < -0.3 is 18.7 Å². The molecule has 0 aliphatic rings. The SMILES string of the molecule is C=C(Cc1nc(CCCCCCCC)no1)C(=O)OC(C(F)(F)F)C(C)(C)C(=O)OCc1ccc(OC)cc1. The van der Waals surface area contributed by atoms with E-state index in [-0.39, 0.29) is 24.5 Å². The van der Waals surface area contributed by atoms with Crippen molar-refractivity contribution < 1.29 is 41.5 Å². The maximum Gasteiger partial charge on any atom is 0.426 e. The fourth-order valence-corrected chi connectivity index (χ4v) is 3.76. The molecule has 0 N–H and O–H groups in total. The highest BCUT2D eigenvalue weighted by Gasteiger charge is 2.56. The molecule has 0 bridgehead atoms. The van der Waals surface area contributed by atoms with Crippen molar-refractivity contribution in [1.82, 2.24) is 10.1 Å². The molecule has 0 saturated carbocycles. The molecule has 1 aromatic carbocycles. The highest BCUT2D eigenvalue weighted by Crippen LogP contribution is 2.38. The summed E-state index contributed by atoms with van der Waals surface area (Å²) in [6, 6.07) is 6.48. The summed E-state index contributed by atoms with van der Waals surface area (Å²) in [4.78, 5) is 29.4. The van der Waals surface area contributed by atoms with Gasteiger partial charge in [0, 0.05) is 12.0 Å². The number of carbonyl (C=O) groups is 2. The Morgan fingerprint density at radius 2 is 1.69 bits per heavy atom. The van der Waals surface area contributed by atoms with E-state index < -0.39 is 29.6 Å². The second-order valence-corrected chi connectivity index (χ2v) is 9.88. The third-order valence-electron chi connectivity index (χ3n) is 6.15. The molecule has 0 amide bonds. The van der Waals surface area contributed by atoms with E-state index in [9.17, 15) is 22.8 Å². The van der Waals surface area contributed by atoms with E-state index in [4.69, 9.17) is 18.7 Å². The number of ether oxygens (including phenoxy) is 3. The Morgan fingerprint density at radius 1 is 1.05 bits per heavy atom. The number of nitrogens with zero attached hydrogens (tertiary/aromatic N) is 2. The topological polar surface area (TPSA) is 101 Å². The van der Waals surface area contributed by atoms with E-state index in [1.807, 2.05) is 0 Å². The van der Waals surface area contributed by atoms with Crippen LogP contribution in [-0.2, 0) is 38.5 Å². The van der Waals surface area contributed by atoms with Crippen LogP contribution in [0.15, 0.2) is 40.9 Å². The zero-order valence-corrected chi connectivity index (χ0v) is 22.9. The fraction of sp³-hybridized carbons (Fsp3) is 0.571. The van der Waals surface area contributed by atoms with Crippen LogP contribution >= 0.6 is 0 Å². The van der Waals surface area contributed by atoms with E-state index in [0.717, 1.165) is 39.5 Å². The van der Waals surface area contributed by atoms with Gasteiger partial charge in [0.05, 0.1) is 13.5 Å². The summed E-state index contributed by atoms with van der Waals surface area (Å²) in [5.74, 6) is -1.45. The Balaban J connectivity index is 1.95. The molecule has 8 nitrogen and oxygen atoms in total. The molecule has 1 atom stereocenters. The lowest BCUT2D eigenvalue weighted by Crippen LogP contribution is -2.50. The first-order valence-corrected chi connectivity index (χ1v) is 13.0.